The Hall–Kier alpha value is -2.88. The number of aromatic nitrogens is 2. The SMILES string of the molecule is O=c1[nH]c(CN(CCN2CCOCC2)CC(O)Cc2ccccc2)nc2scc(-c3ccccc3)c12. The number of morpholine rings is 1. The number of ether oxygens (including phenoxy) is 1. The average Bonchev–Trinajstić information content (AvgIpc) is 3.34. The number of aliphatic hydroxyl groups excluding tert-OH is 1. The van der Waals surface area contributed by atoms with Crippen molar-refractivity contribution in [2.75, 3.05) is 45.9 Å². The Labute approximate surface area is 215 Å². The lowest BCUT2D eigenvalue weighted by Gasteiger charge is -2.30. The Morgan fingerprint density at radius 1 is 1.08 bits per heavy atom. The molecule has 0 bridgehead atoms. The molecule has 1 aliphatic heterocycles. The van der Waals surface area contributed by atoms with E-state index >= 15 is 0 Å². The van der Waals surface area contributed by atoms with Gasteiger partial charge in [0.25, 0.3) is 5.56 Å². The summed E-state index contributed by atoms with van der Waals surface area (Å²) < 4.78 is 5.48. The molecule has 5 rings (SSSR count). The zero-order valence-corrected chi connectivity index (χ0v) is 21.1. The molecule has 2 N–H and O–H groups in total. The molecule has 1 aliphatic rings. The van der Waals surface area contributed by atoms with Crippen molar-refractivity contribution < 1.29 is 9.84 Å². The fraction of sp³-hybridized carbons (Fsp3) is 0.357. The van der Waals surface area contributed by atoms with E-state index in [1.165, 1.54) is 11.3 Å². The Bertz CT molecular complexity index is 1300. The summed E-state index contributed by atoms with van der Waals surface area (Å²) >= 11 is 1.49. The van der Waals surface area contributed by atoms with Crippen LogP contribution in [0.1, 0.15) is 11.4 Å². The molecule has 1 atom stereocenters. The van der Waals surface area contributed by atoms with Crippen molar-refractivity contribution in [3.63, 3.8) is 0 Å². The molecular weight excluding hydrogens is 472 g/mol. The number of H-pyrrole nitrogens is 1. The van der Waals surface area contributed by atoms with Crippen LogP contribution in [0.25, 0.3) is 21.3 Å². The van der Waals surface area contributed by atoms with Crippen molar-refractivity contribution in [2.24, 2.45) is 0 Å². The number of hydrogen-bond acceptors (Lipinski definition) is 7. The van der Waals surface area contributed by atoms with Gasteiger partial charge in [-0.25, -0.2) is 4.98 Å². The Balaban J connectivity index is 1.33. The van der Waals surface area contributed by atoms with E-state index < -0.39 is 6.10 Å². The summed E-state index contributed by atoms with van der Waals surface area (Å²) in [5.41, 5.74) is 2.92. The van der Waals surface area contributed by atoms with Gasteiger partial charge in [0.15, 0.2) is 0 Å². The zero-order valence-electron chi connectivity index (χ0n) is 20.3. The lowest BCUT2D eigenvalue weighted by Crippen LogP contribution is -2.43. The van der Waals surface area contributed by atoms with Crippen LogP contribution >= 0.6 is 11.3 Å². The maximum atomic E-state index is 13.1. The molecule has 0 saturated carbocycles. The quantitative estimate of drug-likeness (QED) is 0.345. The number of thiophene rings is 1. The first kappa shape index (κ1) is 24.8. The van der Waals surface area contributed by atoms with Crippen molar-refractivity contribution in [3.05, 3.63) is 87.8 Å². The molecule has 2 aromatic carbocycles. The summed E-state index contributed by atoms with van der Waals surface area (Å²) in [6.07, 6.45) is 0.0717. The molecule has 0 amide bonds. The van der Waals surface area contributed by atoms with Gasteiger partial charge in [0.1, 0.15) is 10.7 Å². The highest BCUT2D eigenvalue weighted by Crippen LogP contribution is 2.30. The smallest absolute Gasteiger partial charge is 0.260 e. The third-order valence-electron chi connectivity index (χ3n) is 6.57. The number of hydrogen-bond donors (Lipinski definition) is 2. The fourth-order valence-electron chi connectivity index (χ4n) is 4.70. The fourth-order valence-corrected chi connectivity index (χ4v) is 5.67. The first-order valence-corrected chi connectivity index (χ1v) is 13.3. The third kappa shape index (κ3) is 6.27. The minimum absolute atomic E-state index is 0.118. The predicted octanol–water partition coefficient (Wildman–Crippen LogP) is 3.39. The molecule has 36 heavy (non-hydrogen) atoms. The van der Waals surface area contributed by atoms with E-state index in [1.54, 1.807) is 0 Å². The Morgan fingerprint density at radius 2 is 1.81 bits per heavy atom. The van der Waals surface area contributed by atoms with Gasteiger partial charge in [-0.15, -0.1) is 11.3 Å². The van der Waals surface area contributed by atoms with Crippen LogP contribution in [0.4, 0.5) is 0 Å². The topological polar surface area (TPSA) is 81.7 Å². The van der Waals surface area contributed by atoms with Gasteiger partial charge < -0.3 is 14.8 Å². The first-order chi connectivity index (χ1) is 17.7. The van der Waals surface area contributed by atoms with Gasteiger partial charge in [0.2, 0.25) is 0 Å². The van der Waals surface area contributed by atoms with Gasteiger partial charge in [-0.1, -0.05) is 60.7 Å². The summed E-state index contributed by atoms with van der Waals surface area (Å²) in [5, 5.41) is 13.5. The molecule has 0 aliphatic carbocycles. The molecule has 7 nitrogen and oxygen atoms in total. The highest BCUT2D eigenvalue weighted by atomic mass is 32.1. The second kappa shape index (κ2) is 11.9. The average molecular weight is 505 g/mol. The summed E-state index contributed by atoms with van der Waals surface area (Å²) in [5.74, 6) is 0.628. The van der Waals surface area contributed by atoms with E-state index in [0.717, 1.165) is 60.9 Å². The van der Waals surface area contributed by atoms with Crippen LogP contribution in [0.2, 0.25) is 0 Å². The van der Waals surface area contributed by atoms with Gasteiger partial charge in [0.05, 0.1) is 31.2 Å². The van der Waals surface area contributed by atoms with Crippen LogP contribution in [0.15, 0.2) is 70.8 Å². The van der Waals surface area contributed by atoms with Crippen molar-refractivity contribution in [3.8, 4) is 11.1 Å². The number of aromatic amines is 1. The van der Waals surface area contributed by atoms with E-state index in [-0.39, 0.29) is 5.56 Å². The zero-order chi connectivity index (χ0) is 24.7. The third-order valence-corrected chi connectivity index (χ3v) is 7.44. The van der Waals surface area contributed by atoms with Crippen LogP contribution < -0.4 is 5.56 Å². The molecule has 0 spiro atoms. The van der Waals surface area contributed by atoms with Crippen molar-refractivity contribution in [1.82, 2.24) is 19.8 Å². The van der Waals surface area contributed by atoms with Crippen molar-refractivity contribution in [1.29, 1.82) is 0 Å². The van der Waals surface area contributed by atoms with Gasteiger partial charge in [0, 0.05) is 43.7 Å². The van der Waals surface area contributed by atoms with Crippen LogP contribution in [-0.2, 0) is 17.7 Å². The van der Waals surface area contributed by atoms with Crippen LogP contribution in [0, 0.1) is 0 Å². The summed E-state index contributed by atoms with van der Waals surface area (Å²) in [6, 6.07) is 20.0. The Kier molecular flexibility index (Phi) is 8.20. The van der Waals surface area contributed by atoms with Gasteiger partial charge in [-0.2, -0.15) is 0 Å². The largest absolute Gasteiger partial charge is 0.391 e. The lowest BCUT2D eigenvalue weighted by atomic mass is 10.1. The van der Waals surface area contributed by atoms with Crippen molar-refractivity contribution in [2.45, 2.75) is 19.1 Å². The van der Waals surface area contributed by atoms with Crippen LogP contribution in [-0.4, -0.2) is 76.9 Å². The lowest BCUT2D eigenvalue weighted by molar-refractivity contribution is 0.0289. The van der Waals surface area contributed by atoms with Gasteiger partial charge >= 0.3 is 0 Å². The molecule has 0 radical (unpaired) electrons. The summed E-state index contributed by atoms with van der Waals surface area (Å²) in [6.45, 7) is 5.96. The highest BCUT2D eigenvalue weighted by Gasteiger charge is 2.19. The highest BCUT2D eigenvalue weighted by molar-refractivity contribution is 7.17. The number of rotatable bonds is 10. The maximum absolute atomic E-state index is 13.1. The first-order valence-electron chi connectivity index (χ1n) is 12.5. The molecule has 8 heteroatoms. The summed E-state index contributed by atoms with van der Waals surface area (Å²) in [4.78, 5) is 26.3. The molecule has 1 fully saturated rings. The normalized spacial score (nSPS) is 15.5. The Morgan fingerprint density at radius 3 is 2.56 bits per heavy atom. The maximum Gasteiger partial charge on any atom is 0.260 e. The number of fused-ring (bicyclic) bond motifs is 1. The van der Waals surface area contributed by atoms with Gasteiger partial charge in [-0.3, -0.25) is 14.6 Å². The summed E-state index contributed by atoms with van der Waals surface area (Å²) in [7, 11) is 0. The predicted molar refractivity (Wildman–Crippen MR) is 144 cm³/mol. The van der Waals surface area contributed by atoms with E-state index in [4.69, 9.17) is 9.72 Å². The minimum Gasteiger partial charge on any atom is -0.391 e. The monoisotopic (exact) mass is 504 g/mol. The molecule has 1 unspecified atom stereocenters. The molecule has 3 heterocycles. The van der Waals surface area contributed by atoms with Crippen LogP contribution in [0.5, 0.6) is 0 Å². The number of nitrogens with zero attached hydrogens (tertiary/aromatic N) is 3. The molecular formula is C28H32N4O3S. The number of nitrogens with one attached hydrogen (secondary N) is 1. The van der Waals surface area contributed by atoms with E-state index in [0.29, 0.717) is 30.7 Å². The van der Waals surface area contributed by atoms with E-state index in [9.17, 15) is 9.90 Å². The standard InChI is InChI=1S/C28H32N4O3S/c33-23(17-21-7-3-1-4-8-21)18-32(12-11-31-13-15-35-16-14-31)19-25-29-27(34)26-24(20-36-28(26)30-25)22-9-5-2-6-10-22/h1-10,20,23,33H,11-19H2,(H,29,30,34). The van der Waals surface area contributed by atoms with E-state index in [2.05, 4.69) is 14.8 Å². The number of aliphatic hydroxyl groups is 1. The minimum atomic E-state index is -0.515. The second-order valence-corrected chi connectivity index (χ2v) is 10.1. The molecule has 188 valence electrons. The number of benzene rings is 2. The van der Waals surface area contributed by atoms with Gasteiger partial charge in [-0.05, 0) is 17.5 Å². The molecule has 4 aromatic rings. The van der Waals surface area contributed by atoms with Crippen molar-refractivity contribution >= 4 is 21.6 Å². The van der Waals surface area contributed by atoms with Crippen LogP contribution in [0.3, 0.4) is 0 Å². The van der Waals surface area contributed by atoms with E-state index in [1.807, 2.05) is 66.0 Å². The second-order valence-electron chi connectivity index (χ2n) is 9.24. The molecule has 2 aromatic heterocycles. The molecule has 1 saturated heterocycles.